The van der Waals surface area contributed by atoms with Crippen molar-refractivity contribution in [2.45, 2.75) is 44.6 Å². The molecule has 0 aliphatic rings. The molecule has 0 spiro atoms. The molecule has 10 nitrogen and oxygen atoms in total. The minimum atomic E-state index is -3.90. The van der Waals surface area contributed by atoms with E-state index in [9.17, 15) is 18.0 Å². The van der Waals surface area contributed by atoms with E-state index in [0.29, 0.717) is 28.1 Å². The van der Waals surface area contributed by atoms with Gasteiger partial charge in [0.25, 0.3) is 0 Å². The van der Waals surface area contributed by atoms with Crippen LogP contribution >= 0.6 is 0 Å². The van der Waals surface area contributed by atoms with Crippen LogP contribution in [0.15, 0.2) is 66.0 Å². The predicted molar refractivity (Wildman–Crippen MR) is 144 cm³/mol. The number of fused-ring (bicyclic) bond motifs is 1. The van der Waals surface area contributed by atoms with Gasteiger partial charge >= 0.3 is 0 Å². The van der Waals surface area contributed by atoms with Gasteiger partial charge in [0.2, 0.25) is 11.8 Å². The molecule has 0 radical (unpaired) electrons. The summed E-state index contributed by atoms with van der Waals surface area (Å²) in [5.41, 5.74) is 7.65. The number of sulfone groups is 1. The highest BCUT2D eigenvalue weighted by molar-refractivity contribution is 7.92. The highest BCUT2D eigenvalue weighted by Gasteiger charge is 2.19. The lowest BCUT2D eigenvalue weighted by Gasteiger charge is -2.18. The van der Waals surface area contributed by atoms with Crippen LogP contribution in [-0.2, 0) is 31.4 Å². The Labute approximate surface area is 220 Å². The zero-order valence-electron chi connectivity index (χ0n) is 21.6. The molecular formula is C27H29N5O5S. The zero-order chi connectivity index (χ0) is 27.7. The summed E-state index contributed by atoms with van der Waals surface area (Å²) in [5.74, 6) is -0.954. The molecule has 3 N–H and O–H groups in total. The van der Waals surface area contributed by atoms with E-state index in [1.165, 1.54) is 12.1 Å². The molecule has 0 aliphatic carbocycles. The van der Waals surface area contributed by atoms with Gasteiger partial charge in [-0.15, -0.1) is 0 Å². The maximum atomic E-state index is 12.6. The van der Waals surface area contributed by atoms with E-state index in [1.807, 2.05) is 33.8 Å². The highest BCUT2D eigenvalue weighted by Crippen LogP contribution is 2.32. The Morgan fingerprint density at radius 3 is 2.50 bits per heavy atom. The van der Waals surface area contributed by atoms with Gasteiger partial charge in [0, 0.05) is 17.8 Å². The summed E-state index contributed by atoms with van der Waals surface area (Å²) in [7, 11) is -3.90. The van der Waals surface area contributed by atoms with E-state index >= 15 is 0 Å². The van der Waals surface area contributed by atoms with Crippen LogP contribution in [0.1, 0.15) is 31.9 Å². The largest absolute Gasteiger partial charge is 0.456 e. The number of nitrogens with two attached hydrogens (primary N) is 1. The van der Waals surface area contributed by atoms with Crippen molar-refractivity contribution in [3.05, 3.63) is 72.2 Å². The monoisotopic (exact) mass is 535 g/mol. The molecular weight excluding hydrogens is 506 g/mol. The number of ether oxygens (including phenoxy) is 1. The Bertz CT molecular complexity index is 1640. The van der Waals surface area contributed by atoms with Gasteiger partial charge in [0.05, 0.1) is 34.3 Å². The zero-order valence-corrected chi connectivity index (χ0v) is 22.4. The second kappa shape index (κ2) is 10.3. The summed E-state index contributed by atoms with van der Waals surface area (Å²) < 4.78 is 32.9. The number of pyridine rings is 1. The van der Waals surface area contributed by atoms with Crippen LogP contribution in [0, 0.1) is 6.92 Å². The number of nitrogens with one attached hydrogen (secondary N) is 1. The maximum Gasteiger partial charge on any atom is 0.233 e. The molecule has 0 aliphatic heterocycles. The summed E-state index contributed by atoms with van der Waals surface area (Å²) in [6, 6.07) is 11.4. The molecule has 0 fully saturated rings. The van der Waals surface area contributed by atoms with E-state index in [1.54, 1.807) is 47.5 Å². The highest BCUT2D eigenvalue weighted by atomic mass is 32.2. The number of anilines is 1. The van der Waals surface area contributed by atoms with Crippen molar-refractivity contribution < 1.29 is 22.7 Å². The van der Waals surface area contributed by atoms with E-state index in [0.717, 1.165) is 11.1 Å². The predicted octanol–water partition coefficient (Wildman–Crippen LogP) is 3.73. The third kappa shape index (κ3) is 6.17. The molecule has 0 unspecified atom stereocenters. The number of carbonyl (C=O) groups excluding carboxylic acids is 2. The van der Waals surface area contributed by atoms with Gasteiger partial charge in [-0.2, -0.15) is 5.10 Å². The van der Waals surface area contributed by atoms with E-state index in [-0.39, 0.29) is 22.8 Å². The number of hydrogen-bond donors (Lipinski definition) is 2. The summed E-state index contributed by atoms with van der Waals surface area (Å²) in [5, 5.41) is 7.63. The third-order valence-corrected chi connectivity index (χ3v) is 7.38. The molecule has 4 rings (SSSR count). The number of aryl methyl sites for hydroxylation is 1. The number of carbonyl (C=O) groups is 2. The van der Waals surface area contributed by atoms with Crippen molar-refractivity contribution in [2.24, 2.45) is 5.73 Å². The average Bonchev–Trinajstić information content (AvgIpc) is 3.29. The molecule has 4 aromatic rings. The average molecular weight is 536 g/mol. The van der Waals surface area contributed by atoms with Gasteiger partial charge in [0.15, 0.2) is 9.84 Å². The van der Waals surface area contributed by atoms with Crippen molar-refractivity contribution >= 4 is 38.2 Å². The standard InChI is InChI=1S/C27H29N5O5S/c1-17-11-18(12-26(34)31-19-14-30-32(15-19)27(2,3)4)5-8-23(17)37-24-9-10-29-22-7-6-20(13-21(22)24)38(35,36)16-25(28)33/h5-11,13-15H,12,16H2,1-4H3,(H2,28,33)(H,31,34). The number of aromatic nitrogens is 3. The van der Waals surface area contributed by atoms with Gasteiger partial charge in [0.1, 0.15) is 17.3 Å². The lowest BCUT2D eigenvalue weighted by molar-refractivity contribution is -0.116. The molecule has 0 saturated heterocycles. The smallest absolute Gasteiger partial charge is 0.233 e. The van der Waals surface area contributed by atoms with Gasteiger partial charge in [-0.1, -0.05) is 12.1 Å². The van der Waals surface area contributed by atoms with Gasteiger partial charge in [-0.25, -0.2) is 8.42 Å². The molecule has 0 saturated carbocycles. The van der Waals surface area contributed by atoms with Crippen LogP contribution in [0.4, 0.5) is 5.69 Å². The minimum absolute atomic E-state index is 0.0484. The lowest BCUT2D eigenvalue weighted by atomic mass is 10.1. The first kappa shape index (κ1) is 26.8. The van der Waals surface area contributed by atoms with E-state index in [2.05, 4.69) is 15.4 Å². The fraction of sp³-hybridized carbons (Fsp3) is 0.259. The fourth-order valence-electron chi connectivity index (χ4n) is 3.85. The number of amides is 2. The van der Waals surface area contributed by atoms with Crippen LogP contribution in [0.2, 0.25) is 0 Å². The lowest BCUT2D eigenvalue weighted by Crippen LogP contribution is -2.23. The number of nitrogens with zero attached hydrogens (tertiary/aromatic N) is 3. The number of primary amides is 1. The first-order chi connectivity index (χ1) is 17.8. The topological polar surface area (TPSA) is 146 Å². The second-order valence-corrected chi connectivity index (χ2v) is 12.0. The van der Waals surface area contributed by atoms with Crippen molar-refractivity contribution in [1.29, 1.82) is 0 Å². The number of rotatable bonds is 8. The van der Waals surface area contributed by atoms with Crippen molar-refractivity contribution in [3.8, 4) is 11.5 Å². The summed E-state index contributed by atoms with van der Waals surface area (Å²) in [6.45, 7) is 7.93. The molecule has 38 heavy (non-hydrogen) atoms. The Kier molecular flexibility index (Phi) is 7.23. The van der Waals surface area contributed by atoms with Crippen molar-refractivity contribution in [2.75, 3.05) is 11.1 Å². The van der Waals surface area contributed by atoms with Crippen LogP contribution in [0.25, 0.3) is 10.9 Å². The van der Waals surface area contributed by atoms with Crippen molar-refractivity contribution in [1.82, 2.24) is 14.8 Å². The summed E-state index contributed by atoms with van der Waals surface area (Å²) in [6.07, 6.45) is 5.14. The normalized spacial score (nSPS) is 11.9. The molecule has 2 aromatic heterocycles. The molecule has 2 amide bonds. The summed E-state index contributed by atoms with van der Waals surface area (Å²) in [4.78, 5) is 28.0. The molecule has 0 atom stereocenters. The Morgan fingerprint density at radius 1 is 1.08 bits per heavy atom. The quantitative estimate of drug-likeness (QED) is 0.349. The van der Waals surface area contributed by atoms with Crippen LogP contribution < -0.4 is 15.8 Å². The molecule has 11 heteroatoms. The van der Waals surface area contributed by atoms with E-state index < -0.39 is 21.5 Å². The Balaban J connectivity index is 1.51. The summed E-state index contributed by atoms with van der Waals surface area (Å²) >= 11 is 0. The maximum absolute atomic E-state index is 12.6. The van der Waals surface area contributed by atoms with Gasteiger partial charge in [-0.3, -0.25) is 19.3 Å². The Hall–Kier alpha value is -4.25. The van der Waals surface area contributed by atoms with Crippen LogP contribution in [0.3, 0.4) is 0 Å². The van der Waals surface area contributed by atoms with Crippen LogP contribution in [0.5, 0.6) is 11.5 Å². The first-order valence-electron chi connectivity index (χ1n) is 11.8. The molecule has 0 bridgehead atoms. The van der Waals surface area contributed by atoms with E-state index in [4.69, 9.17) is 10.5 Å². The third-order valence-electron chi connectivity index (χ3n) is 5.74. The SMILES string of the molecule is Cc1cc(CC(=O)Nc2cnn(C(C)(C)C)c2)ccc1Oc1ccnc2ccc(S(=O)(=O)CC(N)=O)cc12. The minimum Gasteiger partial charge on any atom is -0.456 e. The van der Waals surface area contributed by atoms with Crippen molar-refractivity contribution in [3.63, 3.8) is 0 Å². The van der Waals surface area contributed by atoms with Gasteiger partial charge in [-0.05, 0) is 69.2 Å². The molecule has 2 heterocycles. The Morgan fingerprint density at radius 2 is 1.84 bits per heavy atom. The fourth-order valence-corrected chi connectivity index (χ4v) is 4.97. The second-order valence-electron chi connectivity index (χ2n) is 9.98. The first-order valence-corrected chi connectivity index (χ1v) is 13.5. The molecule has 2 aromatic carbocycles. The van der Waals surface area contributed by atoms with Crippen LogP contribution in [-0.4, -0.2) is 40.7 Å². The van der Waals surface area contributed by atoms with Gasteiger partial charge < -0.3 is 15.8 Å². The number of hydrogen-bond acceptors (Lipinski definition) is 7. The number of benzene rings is 2. The molecule has 198 valence electrons.